The molecular weight excluding hydrogens is 329 g/mol. The number of hydrogen-bond donors (Lipinski definition) is 1. The first-order valence-electron chi connectivity index (χ1n) is 8.55. The zero-order valence-corrected chi connectivity index (χ0v) is 14.3. The van der Waals surface area contributed by atoms with Crippen molar-refractivity contribution < 1.29 is 13.9 Å². The minimum atomic E-state index is -0.445. The van der Waals surface area contributed by atoms with E-state index < -0.39 is 5.92 Å². The number of halogens is 1. The van der Waals surface area contributed by atoms with Crippen molar-refractivity contribution >= 4 is 5.91 Å². The van der Waals surface area contributed by atoms with Crippen LogP contribution in [0.4, 0.5) is 4.39 Å². The highest BCUT2D eigenvalue weighted by Gasteiger charge is 2.32. The van der Waals surface area contributed by atoms with Crippen LogP contribution < -0.4 is 10.1 Å². The molecule has 0 aliphatic carbocycles. The highest BCUT2D eigenvalue weighted by Crippen LogP contribution is 2.44. The van der Waals surface area contributed by atoms with Crippen molar-refractivity contribution in [2.45, 2.75) is 18.9 Å². The van der Waals surface area contributed by atoms with Crippen molar-refractivity contribution in [1.82, 2.24) is 5.32 Å². The first kappa shape index (κ1) is 16.3. The van der Waals surface area contributed by atoms with E-state index in [0.717, 1.165) is 16.7 Å². The second kappa shape index (κ2) is 6.64. The van der Waals surface area contributed by atoms with Gasteiger partial charge in [-0.15, -0.1) is 0 Å². The number of rotatable bonds is 3. The van der Waals surface area contributed by atoms with Crippen LogP contribution in [0.3, 0.4) is 0 Å². The number of hydrogen-bond acceptors (Lipinski definition) is 2. The molecule has 130 valence electrons. The minimum absolute atomic E-state index is 0.106. The van der Waals surface area contributed by atoms with Crippen LogP contribution in [0.15, 0.2) is 72.8 Å². The van der Waals surface area contributed by atoms with E-state index in [1.54, 1.807) is 12.1 Å². The molecule has 0 radical (unpaired) electrons. The van der Waals surface area contributed by atoms with Crippen LogP contribution in [0.1, 0.15) is 35.6 Å². The summed E-state index contributed by atoms with van der Waals surface area (Å²) >= 11 is 0. The summed E-state index contributed by atoms with van der Waals surface area (Å²) in [5, 5.41) is 3.05. The molecule has 0 saturated heterocycles. The Kier molecular flexibility index (Phi) is 4.17. The third-order valence-corrected chi connectivity index (χ3v) is 4.67. The molecule has 3 aromatic rings. The van der Waals surface area contributed by atoms with Gasteiger partial charge in [-0.05, 0) is 36.8 Å². The number of ether oxygens (including phenoxy) is 1. The summed E-state index contributed by atoms with van der Waals surface area (Å²) in [7, 11) is 0. The van der Waals surface area contributed by atoms with Crippen LogP contribution in [-0.2, 0) is 4.79 Å². The van der Waals surface area contributed by atoms with E-state index in [4.69, 9.17) is 4.74 Å². The van der Waals surface area contributed by atoms with Crippen LogP contribution >= 0.6 is 0 Å². The molecule has 4 heteroatoms. The summed E-state index contributed by atoms with van der Waals surface area (Å²) in [6.07, 6.45) is 0. The first-order chi connectivity index (χ1) is 12.6. The van der Waals surface area contributed by atoms with Gasteiger partial charge < -0.3 is 10.1 Å². The van der Waals surface area contributed by atoms with Crippen molar-refractivity contribution in [3.05, 3.63) is 95.3 Å². The molecule has 0 unspecified atom stereocenters. The molecule has 1 amide bonds. The lowest BCUT2D eigenvalue weighted by atomic mass is 9.87. The lowest BCUT2D eigenvalue weighted by Crippen LogP contribution is -2.33. The number of carbonyl (C=O) groups is 1. The lowest BCUT2D eigenvalue weighted by Gasteiger charge is -2.28. The van der Waals surface area contributed by atoms with Crippen LogP contribution in [0.25, 0.3) is 0 Å². The van der Waals surface area contributed by atoms with Gasteiger partial charge in [0.25, 0.3) is 0 Å². The topological polar surface area (TPSA) is 38.3 Å². The number of fused-ring (bicyclic) bond motifs is 2. The van der Waals surface area contributed by atoms with E-state index >= 15 is 0 Å². The largest absolute Gasteiger partial charge is 0.457 e. The number of para-hydroxylation sites is 2. The number of benzene rings is 3. The normalized spacial score (nSPS) is 13.9. The smallest absolute Gasteiger partial charge is 0.232 e. The molecule has 1 aliphatic heterocycles. The van der Waals surface area contributed by atoms with Crippen molar-refractivity contribution in [3.8, 4) is 11.5 Å². The average Bonchev–Trinajstić information content (AvgIpc) is 2.66. The maximum absolute atomic E-state index is 13.1. The highest BCUT2D eigenvalue weighted by atomic mass is 19.1. The predicted molar refractivity (Wildman–Crippen MR) is 97.8 cm³/mol. The van der Waals surface area contributed by atoms with Gasteiger partial charge in [0, 0.05) is 11.1 Å². The molecule has 26 heavy (non-hydrogen) atoms. The Morgan fingerprint density at radius 2 is 1.46 bits per heavy atom. The molecule has 3 nitrogen and oxygen atoms in total. The van der Waals surface area contributed by atoms with Gasteiger partial charge in [0.2, 0.25) is 5.91 Å². The molecule has 0 saturated carbocycles. The van der Waals surface area contributed by atoms with Gasteiger partial charge in [0.15, 0.2) is 0 Å². The van der Waals surface area contributed by atoms with Gasteiger partial charge in [0.05, 0.1) is 12.0 Å². The third kappa shape index (κ3) is 2.94. The zero-order chi connectivity index (χ0) is 18.1. The van der Waals surface area contributed by atoms with Gasteiger partial charge in [-0.2, -0.15) is 0 Å². The minimum Gasteiger partial charge on any atom is -0.457 e. The van der Waals surface area contributed by atoms with Crippen molar-refractivity contribution in [2.75, 3.05) is 0 Å². The second-order valence-electron chi connectivity index (χ2n) is 6.39. The monoisotopic (exact) mass is 347 g/mol. The molecule has 0 fully saturated rings. The standard InChI is InChI=1S/C22H18FNO2/c1-14(15-10-12-16(23)13-11-15)24-22(25)21-17-6-2-4-8-19(17)26-20-9-5-3-7-18(20)21/h2-14,21H,1H3,(H,24,25)/t14-/m0/s1. The fourth-order valence-corrected chi connectivity index (χ4v) is 3.32. The number of amides is 1. The fraction of sp³-hybridized carbons (Fsp3) is 0.136. The summed E-state index contributed by atoms with van der Waals surface area (Å²) in [4.78, 5) is 13.1. The molecule has 4 rings (SSSR count). The van der Waals surface area contributed by atoms with Gasteiger partial charge in [0.1, 0.15) is 17.3 Å². The Bertz CT molecular complexity index is 907. The maximum Gasteiger partial charge on any atom is 0.232 e. The van der Waals surface area contributed by atoms with E-state index in [2.05, 4.69) is 5.32 Å². The van der Waals surface area contributed by atoms with E-state index in [9.17, 15) is 9.18 Å². The predicted octanol–water partition coefficient (Wildman–Crippen LogP) is 4.94. The number of carbonyl (C=O) groups excluding carboxylic acids is 1. The van der Waals surface area contributed by atoms with E-state index in [1.807, 2.05) is 55.5 Å². The Labute approximate surface area is 151 Å². The van der Waals surface area contributed by atoms with Crippen molar-refractivity contribution in [1.29, 1.82) is 0 Å². The van der Waals surface area contributed by atoms with Crippen LogP contribution in [0.2, 0.25) is 0 Å². The molecule has 0 aromatic heterocycles. The summed E-state index contributed by atoms with van der Waals surface area (Å²) in [6, 6.07) is 21.1. The van der Waals surface area contributed by atoms with Gasteiger partial charge >= 0.3 is 0 Å². The van der Waals surface area contributed by atoms with E-state index in [-0.39, 0.29) is 17.8 Å². The molecule has 1 N–H and O–H groups in total. The molecule has 1 heterocycles. The Morgan fingerprint density at radius 3 is 2.04 bits per heavy atom. The number of nitrogens with one attached hydrogen (secondary N) is 1. The van der Waals surface area contributed by atoms with Gasteiger partial charge in [-0.3, -0.25) is 4.79 Å². The Balaban J connectivity index is 1.66. The molecular formula is C22H18FNO2. The van der Waals surface area contributed by atoms with E-state index in [0.29, 0.717) is 11.5 Å². The average molecular weight is 347 g/mol. The molecule has 0 bridgehead atoms. The van der Waals surface area contributed by atoms with Crippen LogP contribution in [0.5, 0.6) is 11.5 Å². The summed E-state index contributed by atoms with van der Waals surface area (Å²) in [5.41, 5.74) is 2.54. The van der Waals surface area contributed by atoms with Gasteiger partial charge in [-0.25, -0.2) is 4.39 Å². The summed E-state index contributed by atoms with van der Waals surface area (Å²) < 4.78 is 19.1. The molecule has 1 aliphatic rings. The van der Waals surface area contributed by atoms with Crippen LogP contribution in [0, 0.1) is 5.82 Å². The van der Waals surface area contributed by atoms with Crippen LogP contribution in [-0.4, -0.2) is 5.91 Å². The zero-order valence-electron chi connectivity index (χ0n) is 14.3. The van der Waals surface area contributed by atoms with E-state index in [1.165, 1.54) is 12.1 Å². The molecule has 0 spiro atoms. The lowest BCUT2D eigenvalue weighted by molar-refractivity contribution is -0.122. The Hall–Kier alpha value is -3.14. The summed E-state index contributed by atoms with van der Waals surface area (Å²) in [6.45, 7) is 1.89. The van der Waals surface area contributed by atoms with Crippen molar-refractivity contribution in [2.24, 2.45) is 0 Å². The first-order valence-corrected chi connectivity index (χ1v) is 8.55. The Morgan fingerprint density at radius 1 is 0.923 bits per heavy atom. The third-order valence-electron chi connectivity index (χ3n) is 4.67. The SMILES string of the molecule is C[C@H](NC(=O)C1c2ccccc2Oc2ccccc21)c1ccc(F)cc1. The quantitative estimate of drug-likeness (QED) is 0.729. The molecule has 3 aromatic carbocycles. The highest BCUT2D eigenvalue weighted by molar-refractivity contribution is 5.89. The van der Waals surface area contributed by atoms with Crippen molar-refractivity contribution in [3.63, 3.8) is 0 Å². The molecule has 1 atom stereocenters. The summed E-state index contributed by atoms with van der Waals surface area (Å²) in [5.74, 6) is 0.546. The fourth-order valence-electron chi connectivity index (χ4n) is 3.32. The van der Waals surface area contributed by atoms with Gasteiger partial charge in [-0.1, -0.05) is 48.5 Å². The maximum atomic E-state index is 13.1. The second-order valence-corrected chi connectivity index (χ2v) is 6.39.